The Morgan fingerprint density at radius 3 is 3.00 bits per heavy atom. The normalized spacial score (nSPS) is 12.4. The van der Waals surface area contributed by atoms with Crippen LogP contribution in [0, 0.1) is 6.92 Å². The molecule has 1 heterocycles. The molecule has 0 aliphatic heterocycles. The van der Waals surface area contributed by atoms with E-state index in [0.29, 0.717) is 19.4 Å². The van der Waals surface area contributed by atoms with Crippen LogP contribution >= 0.6 is 11.3 Å². The van der Waals surface area contributed by atoms with Crippen LogP contribution in [0.2, 0.25) is 0 Å². The van der Waals surface area contributed by atoms with Crippen molar-refractivity contribution in [3.63, 3.8) is 0 Å². The number of aliphatic hydroxyl groups is 1. The van der Waals surface area contributed by atoms with Gasteiger partial charge in [-0.15, -0.1) is 11.3 Å². The van der Waals surface area contributed by atoms with Crippen LogP contribution in [-0.2, 0) is 11.2 Å². The van der Waals surface area contributed by atoms with Crippen molar-refractivity contribution in [2.75, 3.05) is 6.54 Å². The molecule has 0 bridgehead atoms. The van der Waals surface area contributed by atoms with Gasteiger partial charge in [-0.3, -0.25) is 4.79 Å². The van der Waals surface area contributed by atoms with E-state index in [2.05, 4.69) is 10.3 Å². The second-order valence-electron chi connectivity index (χ2n) is 3.85. The number of carbonyl (C=O) groups is 1. The van der Waals surface area contributed by atoms with E-state index in [0.717, 1.165) is 17.1 Å². The molecule has 1 aromatic rings. The molecule has 0 spiro atoms. The Hall–Kier alpha value is -0.940. The number of aliphatic hydroxyl groups excluding tert-OH is 1. The second kappa shape index (κ2) is 6.60. The number of rotatable bonds is 6. The van der Waals surface area contributed by atoms with E-state index in [1.54, 1.807) is 18.3 Å². The third-order valence-electron chi connectivity index (χ3n) is 2.16. The van der Waals surface area contributed by atoms with Crippen LogP contribution in [0.1, 0.15) is 30.5 Å². The third-order valence-corrected chi connectivity index (χ3v) is 2.98. The van der Waals surface area contributed by atoms with Gasteiger partial charge in [0.2, 0.25) is 5.91 Å². The summed E-state index contributed by atoms with van der Waals surface area (Å²) >= 11 is 1.62. The molecule has 0 saturated heterocycles. The lowest BCUT2D eigenvalue weighted by molar-refractivity contribution is -0.121. The fourth-order valence-electron chi connectivity index (χ4n) is 1.28. The summed E-state index contributed by atoms with van der Waals surface area (Å²) in [4.78, 5) is 15.6. The lowest BCUT2D eigenvalue weighted by atomic mass is 10.2. The Labute approximate surface area is 99.7 Å². The molecule has 90 valence electrons. The predicted molar refractivity (Wildman–Crippen MR) is 64.5 cm³/mol. The zero-order valence-electron chi connectivity index (χ0n) is 9.69. The maximum Gasteiger partial charge on any atom is 0.220 e. The first-order valence-corrected chi connectivity index (χ1v) is 6.31. The van der Waals surface area contributed by atoms with Crippen molar-refractivity contribution in [3.05, 3.63) is 16.1 Å². The number of hydrogen-bond donors (Lipinski definition) is 2. The van der Waals surface area contributed by atoms with Gasteiger partial charge in [0.05, 0.1) is 16.8 Å². The van der Waals surface area contributed by atoms with Gasteiger partial charge in [0.25, 0.3) is 0 Å². The van der Waals surface area contributed by atoms with Gasteiger partial charge in [0, 0.05) is 24.8 Å². The Kier molecular flexibility index (Phi) is 5.42. The molecule has 0 aliphatic rings. The number of nitrogens with zero attached hydrogens (tertiary/aromatic N) is 1. The van der Waals surface area contributed by atoms with Crippen LogP contribution < -0.4 is 5.32 Å². The van der Waals surface area contributed by atoms with Gasteiger partial charge in [-0.2, -0.15) is 0 Å². The standard InChI is InChI=1S/C11H18N2O2S/c1-8(14)3-4-11(15)12-6-5-10-7-16-9(2)13-10/h7-8,14H,3-6H2,1-2H3,(H,12,15). The van der Waals surface area contributed by atoms with Gasteiger partial charge in [-0.05, 0) is 20.3 Å². The number of hydrogen-bond acceptors (Lipinski definition) is 4. The summed E-state index contributed by atoms with van der Waals surface area (Å²) in [5.74, 6) is -0.00662. The average Bonchev–Trinajstić information content (AvgIpc) is 2.61. The SMILES string of the molecule is Cc1nc(CCNC(=O)CCC(C)O)cs1. The maximum atomic E-state index is 11.3. The van der Waals surface area contributed by atoms with Crippen molar-refractivity contribution < 1.29 is 9.90 Å². The summed E-state index contributed by atoms with van der Waals surface area (Å²) in [7, 11) is 0. The molecule has 1 rings (SSSR count). The molecule has 2 N–H and O–H groups in total. The Morgan fingerprint density at radius 1 is 1.69 bits per heavy atom. The molecule has 0 aromatic carbocycles. The zero-order valence-corrected chi connectivity index (χ0v) is 10.5. The number of aromatic nitrogens is 1. The van der Waals surface area contributed by atoms with Crippen molar-refractivity contribution in [2.24, 2.45) is 0 Å². The molecular formula is C11H18N2O2S. The summed E-state index contributed by atoms with van der Waals surface area (Å²) in [5.41, 5.74) is 1.03. The quantitative estimate of drug-likeness (QED) is 0.789. The minimum Gasteiger partial charge on any atom is -0.393 e. The van der Waals surface area contributed by atoms with E-state index >= 15 is 0 Å². The Balaban J connectivity index is 2.13. The van der Waals surface area contributed by atoms with Crippen molar-refractivity contribution in [3.8, 4) is 0 Å². The molecule has 1 aromatic heterocycles. The molecule has 1 unspecified atom stereocenters. The molecule has 0 radical (unpaired) electrons. The molecule has 1 amide bonds. The van der Waals surface area contributed by atoms with Crippen LogP contribution in [0.25, 0.3) is 0 Å². The molecule has 16 heavy (non-hydrogen) atoms. The average molecular weight is 242 g/mol. The van der Waals surface area contributed by atoms with E-state index in [4.69, 9.17) is 5.11 Å². The summed E-state index contributed by atoms with van der Waals surface area (Å²) in [6, 6.07) is 0. The van der Waals surface area contributed by atoms with Gasteiger partial charge < -0.3 is 10.4 Å². The molecule has 0 aliphatic carbocycles. The van der Waals surface area contributed by atoms with Crippen LogP contribution in [0.5, 0.6) is 0 Å². The van der Waals surface area contributed by atoms with Crippen LogP contribution in [0.4, 0.5) is 0 Å². The Bertz CT molecular complexity index is 336. The predicted octanol–water partition coefficient (Wildman–Crippen LogP) is 1.27. The van der Waals surface area contributed by atoms with Gasteiger partial charge in [-0.1, -0.05) is 0 Å². The number of thiazole rings is 1. The molecule has 4 nitrogen and oxygen atoms in total. The zero-order chi connectivity index (χ0) is 12.0. The fraction of sp³-hybridized carbons (Fsp3) is 0.636. The summed E-state index contributed by atoms with van der Waals surface area (Å²) in [5, 5.41) is 14.9. The number of carbonyl (C=O) groups excluding carboxylic acids is 1. The fourth-order valence-corrected chi connectivity index (χ4v) is 1.93. The first kappa shape index (κ1) is 13.1. The summed E-state index contributed by atoms with van der Waals surface area (Å²) in [6.45, 7) is 4.27. The van der Waals surface area contributed by atoms with Gasteiger partial charge in [0.15, 0.2) is 0 Å². The molecular weight excluding hydrogens is 224 g/mol. The lowest BCUT2D eigenvalue weighted by Crippen LogP contribution is -2.26. The van der Waals surface area contributed by atoms with Gasteiger partial charge in [-0.25, -0.2) is 4.98 Å². The highest BCUT2D eigenvalue weighted by Crippen LogP contribution is 2.07. The highest BCUT2D eigenvalue weighted by atomic mass is 32.1. The molecule has 1 atom stereocenters. The number of aryl methyl sites for hydroxylation is 1. The molecule has 0 fully saturated rings. The first-order chi connectivity index (χ1) is 7.58. The topological polar surface area (TPSA) is 62.2 Å². The Morgan fingerprint density at radius 2 is 2.44 bits per heavy atom. The van der Waals surface area contributed by atoms with Crippen LogP contribution in [0.3, 0.4) is 0 Å². The maximum absolute atomic E-state index is 11.3. The third kappa shape index (κ3) is 5.23. The van der Waals surface area contributed by atoms with Crippen molar-refractivity contribution >= 4 is 17.2 Å². The van der Waals surface area contributed by atoms with Crippen LogP contribution in [0.15, 0.2) is 5.38 Å². The van der Waals surface area contributed by atoms with E-state index < -0.39 is 6.10 Å². The van der Waals surface area contributed by atoms with E-state index in [1.165, 1.54) is 0 Å². The number of nitrogens with one attached hydrogen (secondary N) is 1. The second-order valence-corrected chi connectivity index (χ2v) is 4.91. The molecule has 5 heteroatoms. The van der Waals surface area contributed by atoms with Crippen molar-refractivity contribution in [2.45, 2.75) is 39.2 Å². The van der Waals surface area contributed by atoms with Gasteiger partial charge >= 0.3 is 0 Å². The first-order valence-electron chi connectivity index (χ1n) is 5.43. The van der Waals surface area contributed by atoms with Gasteiger partial charge in [0.1, 0.15) is 0 Å². The largest absolute Gasteiger partial charge is 0.393 e. The molecule has 0 saturated carbocycles. The summed E-state index contributed by atoms with van der Waals surface area (Å²) in [6.07, 6.45) is 1.26. The van der Waals surface area contributed by atoms with Crippen molar-refractivity contribution in [1.82, 2.24) is 10.3 Å². The minimum absolute atomic E-state index is 0.00662. The number of amides is 1. The minimum atomic E-state index is -0.410. The van der Waals surface area contributed by atoms with E-state index in [-0.39, 0.29) is 5.91 Å². The highest BCUT2D eigenvalue weighted by Gasteiger charge is 2.04. The van der Waals surface area contributed by atoms with Crippen molar-refractivity contribution in [1.29, 1.82) is 0 Å². The monoisotopic (exact) mass is 242 g/mol. The van der Waals surface area contributed by atoms with E-state index in [1.807, 2.05) is 12.3 Å². The van der Waals surface area contributed by atoms with E-state index in [9.17, 15) is 4.79 Å². The summed E-state index contributed by atoms with van der Waals surface area (Å²) < 4.78 is 0. The lowest BCUT2D eigenvalue weighted by Gasteiger charge is -2.05. The smallest absolute Gasteiger partial charge is 0.220 e. The highest BCUT2D eigenvalue weighted by molar-refractivity contribution is 7.09. The van der Waals surface area contributed by atoms with Crippen LogP contribution in [-0.4, -0.2) is 28.6 Å².